The highest BCUT2D eigenvalue weighted by molar-refractivity contribution is 5.95. The van der Waals surface area contributed by atoms with E-state index in [0.29, 0.717) is 24.6 Å². The number of benzene rings is 1. The molecule has 0 aliphatic carbocycles. The number of aryl methyl sites for hydroxylation is 2. The fraction of sp³-hybridized carbons (Fsp3) is 0.294. The molecule has 0 unspecified atom stereocenters. The summed E-state index contributed by atoms with van der Waals surface area (Å²) in [6.45, 7) is 6.77. The molecule has 1 amide bonds. The Morgan fingerprint density at radius 1 is 1.29 bits per heavy atom. The van der Waals surface area contributed by atoms with Crippen LogP contribution in [0.3, 0.4) is 0 Å². The van der Waals surface area contributed by atoms with Crippen LogP contribution in [0, 0.1) is 13.8 Å². The van der Waals surface area contributed by atoms with Crippen LogP contribution in [0.15, 0.2) is 36.5 Å². The van der Waals surface area contributed by atoms with Crippen molar-refractivity contribution in [1.29, 1.82) is 0 Å². The molecule has 1 aromatic heterocycles. The Hall–Kier alpha value is -2.36. The van der Waals surface area contributed by atoms with E-state index >= 15 is 0 Å². The van der Waals surface area contributed by atoms with Crippen molar-refractivity contribution in [3.8, 4) is 5.88 Å². The van der Waals surface area contributed by atoms with Gasteiger partial charge in [-0.1, -0.05) is 23.8 Å². The van der Waals surface area contributed by atoms with Gasteiger partial charge in [-0.2, -0.15) is 0 Å². The van der Waals surface area contributed by atoms with Gasteiger partial charge in [-0.25, -0.2) is 4.98 Å². The second kappa shape index (κ2) is 6.88. The van der Waals surface area contributed by atoms with Crippen molar-refractivity contribution in [3.05, 3.63) is 58.8 Å². The molecule has 0 atom stereocenters. The summed E-state index contributed by atoms with van der Waals surface area (Å²) in [6.07, 6.45) is 1.68. The van der Waals surface area contributed by atoms with Gasteiger partial charge in [-0.05, 0) is 38.5 Å². The minimum absolute atomic E-state index is 0.0810. The highest BCUT2D eigenvalue weighted by Gasteiger charge is 2.10. The van der Waals surface area contributed by atoms with Crippen molar-refractivity contribution in [2.24, 2.45) is 0 Å². The fourth-order valence-electron chi connectivity index (χ4n) is 2.08. The number of aromatic nitrogens is 1. The summed E-state index contributed by atoms with van der Waals surface area (Å²) in [5.74, 6) is 0.490. The normalized spacial score (nSPS) is 10.2. The summed E-state index contributed by atoms with van der Waals surface area (Å²) in [6, 6.07) is 9.60. The molecular formula is C17H20N2O2. The van der Waals surface area contributed by atoms with Gasteiger partial charge in [0.15, 0.2) is 0 Å². The predicted molar refractivity (Wildman–Crippen MR) is 82.5 cm³/mol. The van der Waals surface area contributed by atoms with Crippen LogP contribution in [-0.2, 0) is 6.54 Å². The van der Waals surface area contributed by atoms with Gasteiger partial charge in [0, 0.05) is 23.9 Å². The van der Waals surface area contributed by atoms with Crippen LogP contribution in [0.2, 0.25) is 0 Å². The van der Waals surface area contributed by atoms with Crippen LogP contribution >= 0.6 is 0 Å². The first-order valence-corrected chi connectivity index (χ1v) is 7.04. The molecule has 0 saturated heterocycles. The molecule has 21 heavy (non-hydrogen) atoms. The maximum Gasteiger partial charge on any atom is 0.251 e. The third-order valence-corrected chi connectivity index (χ3v) is 3.21. The maximum atomic E-state index is 12.3. The van der Waals surface area contributed by atoms with Crippen LogP contribution in [0.5, 0.6) is 5.88 Å². The SMILES string of the molecule is CCOc1ncccc1CNC(=O)c1cc(C)ccc1C. The number of nitrogens with one attached hydrogen (secondary N) is 1. The largest absolute Gasteiger partial charge is 0.478 e. The summed E-state index contributed by atoms with van der Waals surface area (Å²) in [5.41, 5.74) is 3.62. The Kier molecular flexibility index (Phi) is 4.93. The summed E-state index contributed by atoms with van der Waals surface area (Å²) < 4.78 is 5.46. The van der Waals surface area contributed by atoms with Gasteiger partial charge in [0.25, 0.3) is 5.91 Å². The van der Waals surface area contributed by atoms with Gasteiger partial charge in [0.05, 0.1) is 6.61 Å². The van der Waals surface area contributed by atoms with Crippen molar-refractivity contribution in [1.82, 2.24) is 10.3 Å². The van der Waals surface area contributed by atoms with Crippen LogP contribution in [0.25, 0.3) is 0 Å². The number of rotatable bonds is 5. The molecule has 0 bridgehead atoms. The molecule has 1 aromatic carbocycles. The second-order valence-electron chi connectivity index (χ2n) is 4.90. The van der Waals surface area contributed by atoms with E-state index in [1.165, 1.54) is 0 Å². The van der Waals surface area contributed by atoms with E-state index in [-0.39, 0.29) is 5.91 Å². The van der Waals surface area contributed by atoms with Crippen molar-refractivity contribution in [2.75, 3.05) is 6.61 Å². The van der Waals surface area contributed by atoms with Gasteiger partial charge < -0.3 is 10.1 Å². The van der Waals surface area contributed by atoms with Gasteiger partial charge in [-0.3, -0.25) is 4.79 Å². The molecule has 0 aliphatic rings. The number of carbonyl (C=O) groups is 1. The fourth-order valence-corrected chi connectivity index (χ4v) is 2.08. The third-order valence-electron chi connectivity index (χ3n) is 3.21. The molecular weight excluding hydrogens is 264 g/mol. The number of pyridine rings is 1. The van der Waals surface area contributed by atoms with Crippen LogP contribution in [0.1, 0.15) is 34.0 Å². The van der Waals surface area contributed by atoms with Crippen LogP contribution in [0.4, 0.5) is 0 Å². The Morgan fingerprint density at radius 3 is 2.86 bits per heavy atom. The van der Waals surface area contributed by atoms with E-state index < -0.39 is 0 Å². The minimum Gasteiger partial charge on any atom is -0.478 e. The number of hydrogen-bond donors (Lipinski definition) is 1. The van der Waals surface area contributed by atoms with E-state index in [4.69, 9.17) is 4.74 Å². The summed E-state index contributed by atoms with van der Waals surface area (Å²) in [5, 5.41) is 2.92. The topological polar surface area (TPSA) is 51.2 Å². The van der Waals surface area contributed by atoms with E-state index in [9.17, 15) is 4.79 Å². The van der Waals surface area contributed by atoms with Crippen molar-refractivity contribution in [3.63, 3.8) is 0 Å². The van der Waals surface area contributed by atoms with Crippen molar-refractivity contribution >= 4 is 5.91 Å². The predicted octanol–water partition coefficient (Wildman–Crippen LogP) is 3.03. The molecule has 1 heterocycles. The van der Waals surface area contributed by atoms with Crippen molar-refractivity contribution in [2.45, 2.75) is 27.3 Å². The lowest BCUT2D eigenvalue weighted by molar-refractivity contribution is 0.0950. The van der Waals surface area contributed by atoms with Gasteiger partial charge in [0.2, 0.25) is 5.88 Å². The monoisotopic (exact) mass is 284 g/mol. The smallest absolute Gasteiger partial charge is 0.251 e. The minimum atomic E-state index is -0.0810. The Bertz CT molecular complexity index is 638. The molecule has 0 fully saturated rings. The van der Waals surface area contributed by atoms with E-state index in [0.717, 1.165) is 16.7 Å². The summed E-state index contributed by atoms with van der Waals surface area (Å²) in [7, 11) is 0. The molecule has 2 rings (SSSR count). The number of nitrogens with zero attached hydrogens (tertiary/aromatic N) is 1. The Balaban J connectivity index is 2.09. The highest BCUT2D eigenvalue weighted by atomic mass is 16.5. The first kappa shape index (κ1) is 15.0. The van der Waals surface area contributed by atoms with Gasteiger partial charge in [0.1, 0.15) is 0 Å². The lowest BCUT2D eigenvalue weighted by atomic mass is 10.1. The van der Waals surface area contributed by atoms with Crippen LogP contribution < -0.4 is 10.1 Å². The molecule has 0 spiro atoms. The second-order valence-corrected chi connectivity index (χ2v) is 4.90. The molecule has 2 aromatic rings. The van der Waals surface area contributed by atoms with E-state index in [2.05, 4.69) is 10.3 Å². The van der Waals surface area contributed by atoms with Gasteiger partial charge in [-0.15, -0.1) is 0 Å². The molecule has 4 nitrogen and oxygen atoms in total. The molecule has 1 N–H and O–H groups in total. The summed E-state index contributed by atoms with van der Waals surface area (Å²) in [4.78, 5) is 16.5. The highest BCUT2D eigenvalue weighted by Crippen LogP contribution is 2.15. The number of carbonyl (C=O) groups excluding carboxylic acids is 1. The Morgan fingerprint density at radius 2 is 2.10 bits per heavy atom. The molecule has 0 radical (unpaired) electrons. The van der Waals surface area contributed by atoms with Crippen LogP contribution in [-0.4, -0.2) is 17.5 Å². The quantitative estimate of drug-likeness (QED) is 0.918. The zero-order chi connectivity index (χ0) is 15.2. The first-order valence-electron chi connectivity index (χ1n) is 7.04. The lowest BCUT2D eigenvalue weighted by Crippen LogP contribution is -2.24. The van der Waals surface area contributed by atoms with Crippen molar-refractivity contribution < 1.29 is 9.53 Å². The average Bonchev–Trinajstić information content (AvgIpc) is 2.49. The summed E-state index contributed by atoms with van der Waals surface area (Å²) >= 11 is 0. The lowest BCUT2D eigenvalue weighted by Gasteiger charge is -2.11. The molecule has 4 heteroatoms. The molecule has 0 saturated carbocycles. The number of amides is 1. The maximum absolute atomic E-state index is 12.3. The zero-order valence-corrected chi connectivity index (χ0v) is 12.6. The van der Waals surface area contributed by atoms with E-state index in [1.54, 1.807) is 6.20 Å². The van der Waals surface area contributed by atoms with Gasteiger partial charge >= 0.3 is 0 Å². The average molecular weight is 284 g/mol. The number of hydrogen-bond acceptors (Lipinski definition) is 3. The van der Waals surface area contributed by atoms with E-state index in [1.807, 2.05) is 51.1 Å². The zero-order valence-electron chi connectivity index (χ0n) is 12.6. The molecule has 0 aliphatic heterocycles. The molecule has 110 valence electrons. The Labute approximate surface area is 125 Å². The standard InChI is InChI=1S/C17H20N2O2/c1-4-21-17-14(6-5-9-18-17)11-19-16(20)15-10-12(2)7-8-13(15)3/h5-10H,4,11H2,1-3H3,(H,19,20). The number of ether oxygens (including phenoxy) is 1. The first-order chi connectivity index (χ1) is 10.1. The third kappa shape index (κ3) is 3.81.